The summed E-state index contributed by atoms with van der Waals surface area (Å²) in [5.74, 6) is -2.40. The molecule has 0 bridgehead atoms. The maximum absolute atomic E-state index is 13.5. The van der Waals surface area contributed by atoms with E-state index in [1.165, 1.54) is 18.2 Å². The Morgan fingerprint density at radius 3 is 2.73 bits per heavy atom. The molecule has 2 aromatic rings. The topological polar surface area (TPSA) is 67.2 Å². The van der Waals surface area contributed by atoms with Crippen molar-refractivity contribution in [3.63, 3.8) is 0 Å². The molecule has 0 saturated carbocycles. The summed E-state index contributed by atoms with van der Waals surface area (Å²) in [6.07, 6.45) is -0.862. The second-order valence-corrected chi connectivity index (χ2v) is 7.09. The molecular formula is C20H15BrFNO3. The SMILES string of the molecule is CC(C#N)CC(=O)OC1c2ccccc2C(=O)C1c1ccc(F)cc1Br. The Kier molecular flexibility index (Phi) is 5.19. The number of hydrogen-bond acceptors (Lipinski definition) is 4. The highest BCUT2D eigenvalue weighted by Crippen LogP contribution is 2.46. The van der Waals surface area contributed by atoms with Gasteiger partial charge in [0.1, 0.15) is 11.9 Å². The maximum atomic E-state index is 13.5. The highest BCUT2D eigenvalue weighted by Gasteiger charge is 2.43. The molecule has 3 rings (SSSR count). The number of ketones is 1. The van der Waals surface area contributed by atoms with Crippen LogP contribution in [0.3, 0.4) is 0 Å². The molecule has 0 saturated heterocycles. The first-order valence-corrected chi connectivity index (χ1v) is 8.89. The van der Waals surface area contributed by atoms with Crippen LogP contribution < -0.4 is 0 Å². The van der Waals surface area contributed by atoms with Gasteiger partial charge in [-0.2, -0.15) is 5.26 Å². The minimum atomic E-state index is -0.807. The van der Waals surface area contributed by atoms with Crippen molar-refractivity contribution in [1.82, 2.24) is 0 Å². The van der Waals surface area contributed by atoms with Crippen LogP contribution in [0.5, 0.6) is 0 Å². The van der Waals surface area contributed by atoms with Gasteiger partial charge in [0, 0.05) is 15.6 Å². The van der Waals surface area contributed by atoms with Crippen LogP contribution in [0.2, 0.25) is 0 Å². The second-order valence-electron chi connectivity index (χ2n) is 6.24. The number of nitriles is 1. The highest BCUT2D eigenvalue weighted by atomic mass is 79.9. The number of rotatable bonds is 4. The zero-order chi connectivity index (χ0) is 18.8. The summed E-state index contributed by atoms with van der Waals surface area (Å²) < 4.78 is 19.5. The lowest BCUT2D eigenvalue weighted by Crippen LogP contribution is -2.19. The minimum absolute atomic E-state index is 0.0549. The lowest BCUT2D eigenvalue weighted by Gasteiger charge is -2.21. The van der Waals surface area contributed by atoms with Gasteiger partial charge in [0.25, 0.3) is 0 Å². The Balaban J connectivity index is 2.00. The average molecular weight is 416 g/mol. The number of benzene rings is 2. The molecule has 6 heteroatoms. The number of carbonyl (C=O) groups is 2. The van der Waals surface area contributed by atoms with Gasteiger partial charge in [-0.25, -0.2) is 4.39 Å². The van der Waals surface area contributed by atoms with Crippen molar-refractivity contribution in [2.24, 2.45) is 5.92 Å². The fourth-order valence-electron chi connectivity index (χ4n) is 3.13. The number of hydrogen-bond donors (Lipinski definition) is 0. The van der Waals surface area contributed by atoms with Crippen molar-refractivity contribution >= 4 is 27.7 Å². The largest absolute Gasteiger partial charge is 0.456 e. The second kappa shape index (κ2) is 7.38. The monoisotopic (exact) mass is 415 g/mol. The average Bonchev–Trinajstić information content (AvgIpc) is 2.88. The van der Waals surface area contributed by atoms with E-state index in [2.05, 4.69) is 15.9 Å². The zero-order valence-electron chi connectivity index (χ0n) is 13.9. The first-order valence-electron chi connectivity index (χ1n) is 8.09. The zero-order valence-corrected chi connectivity index (χ0v) is 15.5. The molecule has 0 spiro atoms. The van der Waals surface area contributed by atoms with Crippen LogP contribution in [-0.2, 0) is 9.53 Å². The van der Waals surface area contributed by atoms with Crippen molar-refractivity contribution in [3.8, 4) is 6.07 Å². The summed E-state index contributed by atoms with van der Waals surface area (Å²) in [6, 6.07) is 13.0. The fraction of sp³-hybridized carbons (Fsp3) is 0.250. The molecule has 0 radical (unpaired) electrons. The first-order chi connectivity index (χ1) is 12.4. The van der Waals surface area contributed by atoms with E-state index >= 15 is 0 Å². The lowest BCUT2D eigenvalue weighted by molar-refractivity contribution is -0.150. The normalized spacial score (nSPS) is 19.5. The number of esters is 1. The standard InChI is InChI=1S/C20H15BrFNO3/c1-11(10-23)8-17(24)26-20-14-5-3-2-4-13(14)19(25)18(20)15-7-6-12(22)9-16(15)21/h2-7,9,11,18,20H,8H2,1H3. The summed E-state index contributed by atoms with van der Waals surface area (Å²) in [5, 5.41) is 8.88. The Bertz CT molecular complexity index is 922. The van der Waals surface area contributed by atoms with Crippen LogP contribution in [-0.4, -0.2) is 11.8 Å². The molecule has 1 aliphatic rings. The van der Waals surface area contributed by atoms with Gasteiger partial charge in [0.15, 0.2) is 5.78 Å². The summed E-state index contributed by atoms with van der Waals surface area (Å²) in [5.41, 5.74) is 1.66. The minimum Gasteiger partial charge on any atom is -0.456 e. The molecule has 132 valence electrons. The highest BCUT2D eigenvalue weighted by molar-refractivity contribution is 9.10. The molecular weight excluding hydrogens is 401 g/mol. The molecule has 26 heavy (non-hydrogen) atoms. The van der Waals surface area contributed by atoms with Gasteiger partial charge >= 0.3 is 5.97 Å². The van der Waals surface area contributed by atoms with E-state index in [1.54, 1.807) is 31.2 Å². The van der Waals surface area contributed by atoms with Crippen LogP contribution in [0.25, 0.3) is 0 Å². The fourth-order valence-corrected chi connectivity index (χ4v) is 3.73. The Morgan fingerprint density at radius 1 is 1.31 bits per heavy atom. The first kappa shape index (κ1) is 18.3. The van der Waals surface area contributed by atoms with Crippen LogP contribution in [0.1, 0.15) is 46.9 Å². The summed E-state index contributed by atoms with van der Waals surface area (Å²) in [7, 11) is 0. The third kappa shape index (κ3) is 3.40. The summed E-state index contributed by atoms with van der Waals surface area (Å²) in [6.45, 7) is 1.63. The van der Waals surface area contributed by atoms with E-state index in [4.69, 9.17) is 10.00 Å². The van der Waals surface area contributed by atoms with Crippen LogP contribution >= 0.6 is 15.9 Å². The third-order valence-electron chi connectivity index (χ3n) is 4.37. The van der Waals surface area contributed by atoms with Crippen molar-refractivity contribution in [1.29, 1.82) is 5.26 Å². The predicted molar refractivity (Wildman–Crippen MR) is 95.8 cm³/mol. The molecule has 2 aromatic carbocycles. The van der Waals surface area contributed by atoms with Crippen molar-refractivity contribution in [3.05, 3.63) is 69.4 Å². The van der Waals surface area contributed by atoms with Crippen molar-refractivity contribution < 1.29 is 18.7 Å². The Morgan fingerprint density at radius 2 is 2.04 bits per heavy atom. The summed E-state index contributed by atoms with van der Waals surface area (Å²) in [4.78, 5) is 25.2. The smallest absolute Gasteiger partial charge is 0.307 e. The van der Waals surface area contributed by atoms with E-state index < -0.39 is 29.7 Å². The van der Waals surface area contributed by atoms with Crippen LogP contribution in [0.15, 0.2) is 46.9 Å². The van der Waals surface area contributed by atoms with Crippen LogP contribution in [0, 0.1) is 23.1 Å². The quantitative estimate of drug-likeness (QED) is 0.678. The molecule has 3 atom stereocenters. The molecule has 0 N–H and O–H groups in total. The molecule has 0 aromatic heterocycles. The molecule has 0 fully saturated rings. The van der Waals surface area contributed by atoms with E-state index in [0.29, 0.717) is 21.2 Å². The van der Waals surface area contributed by atoms with Gasteiger partial charge < -0.3 is 4.74 Å². The molecule has 0 aliphatic heterocycles. The van der Waals surface area contributed by atoms with E-state index in [1.807, 2.05) is 6.07 Å². The van der Waals surface area contributed by atoms with E-state index in [-0.39, 0.29) is 12.2 Å². The number of Topliss-reactive ketones (excluding diaryl/α,β-unsaturated/α-hetero) is 1. The molecule has 0 heterocycles. The van der Waals surface area contributed by atoms with Crippen LogP contribution in [0.4, 0.5) is 4.39 Å². The van der Waals surface area contributed by atoms with Gasteiger partial charge in [0.05, 0.1) is 24.3 Å². The number of halogens is 2. The predicted octanol–water partition coefficient (Wildman–Crippen LogP) is 4.70. The van der Waals surface area contributed by atoms with Gasteiger partial charge in [-0.1, -0.05) is 46.3 Å². The van der Waals surface area contributed by atoms with E-state index in [0.717, 1.165) is 0 Å². The molecule has 1 aliphatic carbocycles. The Labute approximate surface area is 158 Å². The van der Waals surface area contributed by atoms with Gasteiger partial charge in [0.2, 0.25) is 0 Å². The number of nitrogens with zero attached hydrogens (tertiary/aromatic N) is 1. The number of ether oxygens (including phenoxy) is 1. The maximum Gasteiger partial charge on any atom is 0.307 e. The van der Waals surface area contributed by atoms with Crippen molar-refractivity contribution in [2.75, 3.05) is 0 Å². The lowest BCUT2D eigenvalue weighted by atomic mass is 9.93. The van der Waals surface area contributed by atoms with Gasteiger partial charge in [-0.15, -0.1) is 0 Å². The summed E-state index contributed by atoms with van der Waals surface area (Å²) >= 11 is 3.30. The third-order valence-corrected chi connectivity index (χ3v) is 5.05. The molecule has 4 nitrogen and oxygen atoms in total. The Hall–Kier alpha value is -2.52. The van der Waals surface area contributed by atoms with Gasteiger partial charge in [-0.3, -0.25) is 9.59 Å². The number of carbonyl (C=O) groups excluding carboxylic acids is 2. The van der Waals surface area contributed by atoms with E-state index in [9.17, 15) is 14.0 Å². The molecule has 3 unspecified atom stereocenters. The number of fused-ring (bicyclic) bond motifs is 1. The molecule has 0 amide bonds. The van der Waals surface area contributed by atoms with Crippen molar-refractivity contribution in [2.45, 2.75) is 25.4 Å². The van der Waals surface area contributed by atoms with Gasteiger partial charge in [-0.05, 0) is 24.6 Å².